The van der Waals surface area contributed by atoms with Crippen molar-refractivity contribution in [1.82, 2.24) is 9.13 Å². The smallest absolute Gasteiger partial charge is 0.306 e. The molecule has 0 spiro atoms. The molecule has 4 aromatic heterocycles. The molecule has 0 bridgehead atoms. The van der Waals surface area contributed by atoms with Gasteiger partial charge < -0.3 is 9.13 Å². The molecule has 8 aromatic carbocycles. The van der Waals surface area contributed by atoms with Gasteiger partial charge in [-0.2, -0.15) is 13.2 Å². The van der Waals surface area contributed by atoms with E-state index in [1.807, 2.05) is 94.1 Å². The number of benzene rings is 8. The molecule has 12 aromatic rings. The maximum atomic E-state index is 15.9. The minimum atomic E-state index is -4.99. The second-order valence-electron chi connectivity index (χ2n) is 14.6. The van der Waals surface area contributed by atoms with Crippen LogP contribution in [0.3, 0.4) is 0 Å². The Morgan fingerprint density at radius 3 is 1.36 bits per heavy atom. The molecular formula is C49H25F5N2S2. The van der Waals surface area contributed by atoms with Gasteiger partial charge in [-0.15, -0.1) is 22.7 Å². The Morgan fingerprint density at radius 1 is 0.414 bits per heavy atom. The summed E-state index contributed by atoms with van der Waals surface area (Å²) in [6.45, 7) is 0. The first-order valence-corrected chi connectivity index (χ1v) is 20.3. The van der Waals surface area contributed by atoms with Gasteiger partial charge in [0.05, 0.1) is 44.6 Å². The predicted molar refractivity (Wildman–Crippen MR) is 231 cm³/mol. The largest absolute Gasteiger partial charge is 0.417 e. The van der Waals surface area contributed by atoms with Crippen molar-refractivity contribution in [2.75, 3.05) is 0 Å². The van der Waals surface area contributed by atoms with Gasteiger partial charge in [-0.1, -0.05) is 91.0 Å². The first kappa shape index (κ1) is 33.6. The highest BCUT2D eigenvalue weighted by Gasteiger charge is 2.37. The van der Waals surface area contributed by atoms with E-state index in [0.717, 1.165) is 103 Å². The fourth-order valence-corrected chi connectivity index (χ4v) is 11.4. The first-order chi connectivity index (χ1) is 28.3. The summed E-state index contributed by atoms with van der Waals surface area (Å²) in [4.78, 5) is 0. The number of rotatable bonds is 3. The van der Waals surface area contributed by atoms with Crippen LogP contribution in [-0.2, 0) is 6.18 Å². The fraction of sp³-hybridized carbons (Fsp3) is 0.0204. The zero-order chi connectivity index (χ0) is 39.0. The van der Waals surface area contributed by atoms with Crippen LogP contribution >= 0.6 is 22.7 Å². The van der Waals surface area contributed by atoms with Crippen LogP contribution in [0.5, 0.6) is 0 Å². The maximum absolute atomic E-state index is 15.9. The van der Waals surface area contributed by atoms with Crippen LogP contribution in [0, 0.1) is 11.6 Å². The molecule has 0 radical (unpaired) electrons. The number of hydrogen-bond donors (Lipinski definition) is 0. The number of halogens is 5. The highest BCUT2D eigenvalue weighted by Crippen LogP contribution is 2.49. The van der Waals surface area contributed by atoms with Gasteiger partial charge in [-0.05, 0) is 60.7 Å². The highest BCUT2D eigenvalue weighted by atomic mass is 32.1. The predicted octanol–water partition coefficient (Wildman–Crippen LogP) is 15.6. The highest BCUT2D eigenvalue weighted by molar-refractivity contribution is 7.26. The molecule has 0 aliphatic heterocycles. The molecule has 2 nitrogen and oxygen atoms in total. The maximum Gasteiger partial charge on any atom is 0.417 e. The Morgan fingerprint density at radius 2 is 0.862 bits per heavy atom. The normalized spacial score (nSPS) is 12.6. The van der Waals surface area contributed by atoms with E-state index in [2.05, 4.69) is 36.4 Å². The minimum absolute atomic E-state index is 0.223. The third-order valence-corrected chi connectivity index (χ3v) is 13.8. The molecule has 0 aliphatic rings. The molecule has 0 aliphatic carbocycles. The summed E-state index contributed by atoms with van der Waals surface area (Å²) in [5, 5.41) is 7.42. The van der Waals surface area contributed by atoms with Crippen LogP contribution < -0.4 is 0 Å². The molecule has 12 rings (SSSR count). The van der Waals surface area contributed by atoms with E-state index in [0.29, 0.717) is 11.2 Å². The van der Waals surface area contributed by atoms with Gasteiger partial charge >= 0.3 is 6.18 Å². The monoisotopic (exact) mass is 800 g/mol. The minimum Gasteiger partial charge on any atom is -0.306 e. The van der Waals surface area contributed by atoms with Crippen LogP contribution in [-0.4, -0.2) is 9.13 Å². The number of thiophene rings is 2. The average molecular weight is 801 g/mol. The summed E-state index contributed by atoms with van der Waals surface area (Å²) in [5.41, 5.74) is 1.10. The average Bonchev–Trinajstić information content (AvgIpc) is 3.97. The Hall–Kier alpha value is -6.55. The van der Waals surface area contributed by atoms with Crippen molar-refractivity contribution in [2.24, 2.45) is 0 Å². The van der Waals surface area contributed by atoms with Crippen molar-refractivity contribution in [1.29, 1.82) is 0 Å². The van der Waals surface area contributed by atoms with Crippen molar-refractivity contribution in [2.45, 2.75) is 6.18 Å². The van der Waals surface area contributed by atoms with Crippen LogP contribution in [0.1, 0.15) is 5.56 Å². The molecule has 0 saturated carbocycles. The topological polar surface area (TPSA) is 9.86 Å². The Labute approximate surface area is 333 Å². The lowest BCUT2D eigenvalue weighted by atomic mass is 9.96. The van der Waals surface area contributed by atoms with Crippen molar-refractivity contribution >= 4 is 107 Å². The summed E-state index contributed by atoms with van der Waals surface area (Å²) < 4.78 is 87.0. The molecule has 58 heavy (non-hydrogen) atoms. The van der Waals surface area contributed by atoms with Crippen LogP contribution in [0.2, 0.25) is 0 Å². The fourth-order valence-electron chi connectivity index (χ4n) is 9.16. The Bertz CT molecular complexity index is 3690. The molecule has 0 unspecified atom stereocenters. The molecule has 0 N–H and O–H groups in total. The van der Waals surface area contributed by atoms with E-state index in [1.54, 1.807) is 22.7 Å². The number of hydrogen-bond acceptors (Lipinski definition) is 2. The number of fused-ring (bicyclic) bond motifs is 14. The SMILES string of the molecule is Fc1cccc(F)c1-c1cc(-n2c3ccccc3c3ccc4sc5ccccc5c4c32)c(-n2c3ccccc3c3ccc4sc5ccccc5c4c32)cc1C(F)(F)F. The van der Waals surface area contributed by atoms with Crippen LogP contribution in [0.25, 0.3) is 106 Å². The van der Waals surface area contributed by atoms with Gasteiger partial charge in [-0.25, -0.2) is 8.78 Å². The van der Waals surface area contributed by atoms with E-state index in [1.165, 1.54) is 6.07 Å². The van der Waals surface area contributed by atoms with Crippen LogP contribution in [0.4, 0.5) is 22.0 Å². The molecule has 278 valence electrons. The Balaban J connectivity index is 1.37. The van der Waals surface area contributed by atoms with Crippen molar-refractivity contribution in [3.05, 3.63) is 169 Å². The van der Waals surface area contributed by atoms with Gasteiger partial charge in [-0.3, -0.25) is 0 Å². The zero-order valence-corrected chi connectivity index (χ0v) is 31.7. The zero-order valence-electron chi connectivity index (χ0n) is 30.0. The lowest BCUT2D eigenvalue weighted by Gasteiger charge is -2.23. The summed E-state index contributed by atoms with van der Waals surface area (Å²) in [5.74, 6) is -2.16. The molecule has 0 atom stereocenters. The first-order valence-electron chi connectivity index (χ1n) is 18.6. The lowest BCUT2D eigenvalue weighted by Crippen LogP contribution is -2.13. The molecule has 0 amide bonds. The van der Waals surface area contributed by atoms with Gasteiger partial charge in [0.1, 0.15) is 11.6 Å². The lowest BCUT2D eigenvalue weighted by molar-refractivity contribution is -0.137. The van der Waals surface area contributed by atoms with Crippen molar-refractivity contribution in [3.8, 4) is 22.5 Å². The Kier molecular flexibility index (Phi) is 6.94. The van der Waals surface area contributed by atoms with Gasteiger partial charge in [0, 0.05) is 67.5 Å². The molecule has 9 heteroatoms. The van der Waals surface area contributed by atoms with Gasteiger partial charge in [0.25, 0.3) is 0 Å². The van der Waals surface area contributed by atoms with E-state index in [4.69, 9.17) is 0 Å². The third kappa shape index (κ3) is 4.57. The quantitative estimate of drug-likeness (QED) is 0.158. The number of nitrogens with zero attached hydrogens (tertiary/aromatic N) is 2. The molecule has 0 fully saturated rings. The summed E-state index contributed by atoms with van der Waals surface area (Å²) in [6.07, 6.45) is -4.99. The summed E-state index contributed by atoms with van der Waals surface area (Å²) in [7, 11) is 0. The second-order valence-corrected chi connectivity index (χ2v) is 16.7. The standard InChI is InChI=1S/C49H25F5N2S2/c50-34-14-9-15-35(51)44(34)32-24-38(55-36-16-5-1-10-26(36)28-20-22-42-45(47(28)55)30-12-3-7-18-40(30)57-42)39(25-33(32)49(52,53)54)56-37-17-6-2-11-27(37)29-21-23-43-46(48(29)56)31-13-4-8-19-41(31)58-43/h1-25H. The second kappa shape index (κ2) is 12.0. The number of aromatic nitrogens is 2. The van der Waals surface area contributed by atoms with Crippen molar-refractivity contribution in [3.63, 3.8) is 0 Å². The molecule has 4 heterocycles. The van der Waals surface area contributed by atoms with E-state index in [9.17, 15) is 0 Å². The summed E-state index contributed by atoms with van der Waals surface area (Å²) >= 11 is 3.27. The summed E-state index contributed by atoms with van der Waals surface area (Å²) in [6, 6.07) is 45.6. The molecular weight excluding hydrogens is 776 g/mol. The third-order valence-electron chi connectivity index (χ3n) is 11.5. The number of para-hydroxylation sites is 2. The van der Waals surface area contributed by atoms with Crippen LogP contribution in [0.15, 0.2) is 152 Å². The van der Waals surface area contributed by atoms with Gasteiger partial charge in [0.15, 0.2) is 0 Å². The number of alkyl halides is 3. The van der Waals surface area contributed by atoms with E-state index in [-0.39, 0.29) is 5.69 Å². The van der Waals surface area contributed by atoms with Crippen molar-refractivity contribution < 1.29 is 22.0 Å². The van der Waals surface area contributed by atoms with E-state index < -0.39 is 34.5 Å². The van der Waals surface area contributed by atoms with E-state index >= 15 is 22.0 Å². The van der Waals surface area contributed by atoms with Gasteiger partial charge in [0.2, 0.25) is 0 Å². The molecule has 0 saturated heterocycles.